The first-order valence-electron chi connectivity index (χ1n) is 6.25. The SMILES string of the molecule is CCCNCc1cc(S(=O)(=O)N(C)C(C)C)c[nH]1. The summed E-state index contributed by atoms with van der Waals surface area (Å²) >= 11 is 0. The van der Waals surface area contributed by atoms with Crippen molar-refractivity contribution in [3.8, 4) is 0 Å². The van der Waals surface area contributed by atoms with Crippen LogP contribution >= 0.6 is 0 Å². The second-order valence-electron chi connectivity index (χ2n) is 4.65. The molecule has 0 spiro atoms. The molecule has 0 saturated carbocycles. The normalized spacial score (nSPS) is 12.6. The fraction of sp³-hybridized carbons (Fsp3) is 0.667. The molecule has 1 aromatic heterocycles. The number of H-pyrrole nitrogens is 1. The number of hydrogen-bond acceptors (Lipinski definition) is 3. The molecule has 2 N–H and O–H groups in total. The van der Waals surface area contributed by atoms with Gasteiger partial charge in [0.1, 0.15) is 0 Å². The Morgan fingerprint density at radius 2 is 2.11 bits per heavy atom. The van der Waals surface area contributed by atoms with Crippen molar-refractivity contribution in [1.29, 1.82) is 0 Å². The van der Waals surface area contributed by atoms with Crippen molar-refractivity contribution >= 4 is 10.0 Å². The van der Waals surface area contributed by atoms with E-state index in [1.807, 2.05) is 13.8 Å². The molecule has 18 heavy (non-hydrogen) atoms. The van der Waals surface area contributed by atoms with Crippen LogP contribution in [0.3, 0.4) is 0 Å². The Kier molecular flexibility index (Phi) is 5.37. The molecule has 0 radical (unpaired) electrons. The maximum absolute atomic E-state index is 12.2. The Labute approximate surface area is 110 Å². The van der Waals surface area contributed by atoms with Gasteiger partial charge in [-0.2, -0.15) is 4.31 Å². The highest BCUT2D eigenvalue weighted by Gasteiger charge is 2.23. The van der Waals surface area contributed by atoms with Crippen LogP contribution in [0.2, 0.25) is 0 Å². The Balaban J connectivity index is 2.79. The van der Waals surface area contributed by atoms with E-state index >= 15 is 0 Å². The zero-order valence-electron chi connectivity index (χ0n) is 11.5. The average molecular weight is 273 g/mol. The molecule has 0 bridgehead atoms. The molecule has 6 heteroatoms. The minimum absolute atomic E-state index is 0.0495. The van der Waals surface area contributed by atoms with Crippen LogP contribution in [0.4, 0.5) is 0 Å². The molecule has 5 nitrogen and oxygen atoms in total. The number of rotatable bonds is 7. The molecule has 104 valence electrons. The van der Waals surface area contributed by atoms with E-state index in [2.05, 4.69) is 17.2 Å². The molecule has 1 heterocycles. The first kappa shape index (κ1) is 15.2. The highest BCUT2D eigenvalue weighted by molar-refractivity contribution is 7.89. The maximum atomic E-state index is 12.2. The van der Waals surface area contributed by atoms with Crippen molar-refractivity contribution in [3.05, 3.63) is 18.0 Å². The minimum atomic E-state index is -3.37. The molecule has 0 atom stereocenters. The van der Waals surface area contributed by atoms with Gasteiger partial charge in [-0.25, -0.2) is 8.42 Å². The number of hydrogen-bond donors (Lipinski definition) is 2. The van der Waals surface area contributed by atoms with E-state index in [0.717, 1.165) is 18.7 Å². The lowest BCUT2D eigenvalue weighted by Gasteiger charge is -2.19. The lowest BCUT2D eigenvalue weighted by Crippen LogP contribution is -2.32. The third kappa shape index (κ3) is 3.57. The van der Waals surface area contributed by atoms with Crippen LogP contribution in [-0.4, -0.2) is 37.3 Å². The van der Waals surface area contributed by atoms with Crippen LogP contribution < -0.4 is 5.32 Å². The van der Waals surface area contributed by atoms with Gasteiger partial charge in [0.15, 0.2) is 0 Å². The molecule has 0 fully saturated rings. The summed E-state index contributed by atoms with van der Waals surface area (Å²) in [6, 6.07) is 1.64. The molecule has 0 unspecified atom stereocenters. The smallest absolute Gasteiger partial charge is 0.244 e. The Bertz CT molecular complexity index is 465. The monoisotopic (exact) mass is 273 g/mol. The van der Waals surface area contributed by atoms with Gasteiger partial charge in [0.2, 0.25) is 10.0 Å². The Morgan fingerprint density at radius 1 is 1.44 bits per heavy atom. The Hall–Kier alpha value is -0.850. The van der Waals surface area contributed by atoms with Gasteiger partial charge in [-0.05, 0) is 32.9 Å². The molecule has 0 aliphatic carbocycles. The molecule has 0 aliphatic rings. The lowest BCUT2D eigenvalue weighted by molar-refractivity contribution is 0.410. The average Bonchev–Trinajstić information content (AvgIpc) is 2.77. The van der Waals surface area contributed by atoms with E-state index < -0.39 is 10.0 Å². The zero-order valence-corrected chi connectivity index (χ0v) is 12.3. The molecule has 0 saturated heterocycles. The largest absolute Gasteiger partial charge is 0.363 e. The summed E-state index contributed by atoms with van der Waals surface area (Å²) < 4.78 is 25.8. The summed E-state index contributed by atoms with van der Waals surface area (Å²) in [5, 5.41) is 3.23. The van der Waals surface area contributed by atoms with Gasteiger partial charge in [0.25, 0.3) is 0 Å². The van der Waals surface area contributed by atoms with E-state index in [1.165, 1.54) is 4.31 Å². The second-order valence-corrected chi connectivity index (χ2v) is 6.65. The van der Waals surface area contributed by atoms with E-state index in [1.54, 1.807) is 19.3 Å². The van der Waals surface area contributed by atoms with Crippen molar-refractivity contribution in [2.24, 2.45) is 0 Å². The third-order valence-corrected chi connectivity index (χ3v) is 4.87. The van der Waals surface area contributed by atoms with Gasteiger partial charge < -0.3 is 10.3 Å². The fourth-order valence-electron chi connectivity index (χ4n) is 1.51. The lowest BCUT2D eigenvalue weighted by atomic mass is 10.4. The van der Waals surface area contributed by atoms with E-state index in [0.29, 0.717) is 11.4 Å². The van der Waals surface area contributed by atoms with Gasteiger partial charge in [0.05, 0.1) is 4.90 Å². The van der Waals surface area contributed by atoms with Gasteiger partial charge in [-0.1, -0.05) is 6.92 Å². The molecular weight excluding hydrogens is 250 g/mol. The van der Waals surface area contributed by atoms with E-state index in [-0.39, 0.29) is 6.04 Å². The second kappa shape index (κ2) is 6.36. The topological polar surface area (TPSA) is 65.2 Å². The van der Waals surface area contributed by atoms with E-state index in [9.17, 15) is 8.42 Å². The number of aromatic nitrogens is 1. The van der Waals surface area contributed by atoms with Crippen molar-refractivity contribution in [3.63, 3.8) is 0 Å². The standard InChI is InChI=1S/C12H23N3O2S/c1-5-6-13-8-11-7-12(9-14-11)18(16,17)15(4)10(2)3/h7,9-10,13-14H,5-6,8H2,1-4H3. The number of aromatic amines is 1. The zero-order chi connectivity index (χ0) is 13.8. The van der Waals surface area contributed by atoms with Crippen LogP contribution in [-0.2, 0) is 16.6 Å². The first-order chi connectivity index (χ1) is 8.39. The quantitative estimate of drug-likeness (QED) is 0.741. The Morgan fingerprint density at radius 3 is 2.67 bits per heavy atom. The van der Waals surface area contributed by atoms with Crippen LogP contribution in [0.15, 0.2) is 17.2 Å². The van der Waals surface area contributed by atoms with Crippen LogP contribution in [0.5, 0.6) is 0 Å². The maximum Gasteiger partial charge on any atom is 0.244 e. The summed E-state index contributed by atoms with van der Waals surface area (Å²) in [5.74, 6) is 0. The van der Waals surface area contributed by atoms with Crippen molar-refractivity contribution < 1.29 is 8.42 Å². The minimum Gasteiger partial charge on any atom is -0.363 e. The highest BCUT2D eigenvalue weighted by Crippen LogP contribution is 2.17. The summed E-state index contributed by atoms with van der Waals surface area (Å²) in [4.78, 5) is 3.32. The number of nitrogens with one attached hydrogen (secondary N) is 2. The summed E-state index contributed by atoms with van der Waals surface area (Å²) in [6.45, 7) is 7.39. The molecule has 0 amide bonds. The van der Waals surface area contributed by atoms with Gasteiger partial charge >= 0.3 is 0 Å². The molecular formula is C12H23N3O2S. The third-order valence-electron chi connectivity index (χ3n) is 2.86. The van der Waals surface area contributed by atoms with Crippen LogP contribution in [0.1, 0.15) is 32.9 Å². The predicted molar refractivity (Wildman–Crippen MR) is 72.9 cm³/mol. The molecule has 1 rings (SSSR count). The van der Waals surface area contributed by atoms with Gasteiger partial charge in [-0.15, -0.1) is 0 Å². The van der Waals surface area contributed by atoms with Crippen LogP contribution in [0, 0.1) is 0 Å². The van der Waals surface area contributed by atoms with Crippen molar-refractivity contribution in [1.82, 2.24) is 14.6 Å². The van der Waals surface area contributed by atoms with Crippen LogP contribution in [0.25, 0.3) is 0 Å². The highest BCUT2D eigenvalue weighted by atomic mass is 32.2. The summed E-state index contributed by atoms with van der Waals surface area (Å²) in [7, 11) is -1.77. The fourth-order valence-corrected chi connectivity index (χ4v) is 2.90. The summed E-state index contributed by atoms with van der Waals surface area (Å²) in [6.07, 6.45) is 2.61. The van der Waals surface area contributed by atoms with Crippen molar-refractivity contribution in [2.75, 3.05) is 13.6 Å². The molecule has 0 aromatic carbocycles. The first-order valence-corrected chi connectivity index (χ1v) is 7.69. The summed E-state index contributed by atoms with van der Waals surface area (Å²) in [5.41, 5.74) is 0.888. The molecule has 0 aliphatic heterocycles. The number of nitrogens with zero attached hydrogens (tertiary/aromatic N) is 1. The van der Waals surface area contributed by atoms with Gasteiger partial charge in [0, 0.05) is 31.5 Å². The van der Waals surface area contributed by atoms with Gasteiger partial charge in [-0.3, -0.25) is 0 Å². The predicted octanol–water partition coefficient (Wildman–Crippen LogP) is 1.54. The number of sulfonamides is 1. The molecule has 1 aromatic rings. The van der Waals surface area contributed by atoms with Crippen molar-refractivity contribution in [2.45, 2.75) is 44.7 Å². The van der Waals surface area contributed by atoms with E-state index in [4.69, 9.17) is 0 Å².